The van der Waals surface area contributed by atoms with Crippen LogP contribution in [0, 0.1) is 11.8 Å². The van der Waals surface area contributed by atoms with Crippen LogP contribution >= 0.6 is 35.0 Å². The van der Waals surface area contributed by atoms with Gasteiger partial charge in [0.25, 0.3) is 0 Å². The van der Waals surface area contributed by atoms with Crippen LogP contribution in [-0.2, 0) is 6.54 Å². The van der Waals surface area contributed by atoms with E-state index in [4.69, 9.17) is 33.2 Å². The summed E-state index contributed by atoms with van der Waals surface area (Å²) in [6, 6.07) is 17.1. The Balaban J connectivity index is 1.19. The molecule has 38 heavy (non-hydrogen) atoms. The molecule has 2 fully saturated rings. The van der Waals surface area contributed by atoms with Crippen LogP contribution in [0.1, 0.15) is 24.4 Å². The number of anilines is 1. The Labute approximate surface area is 239 Å². The largest absolute Gasteiger partial charge is 0.346 e. The topological polar surface area (TPSA) is 35.5 Å². The van der Waals surface area contributed by atoms with Gasteiger partial charge in [0.2, 0.25) is 0 Å². The Morgan fingerprint density at radius 1 is 0.974 bits per heavy atom. The summed E-state index contributed by atoms with van der Waals surface area (Å²) >= 11 is 14.6. The predicted octanol–water partition coefficient (Wildman–Crippen LogP) is 6.60. The molecular formula is C30H33Cl2N5S. The van der Waals surface area contributed by atoms with Gasteiger partial charge in [-0.3, -0.25) is 9.80 Å². The van der Waals surface area contributed by atoms with Crippen molar-refractivity contribution in [2.75, 3.05) is 49.3 Å². The lowest BCUT2D eigenvalue weighted by Crippen LogP contribution is -2.49. The number of benzene rings is 2. The first-order valence-electron chi connectivity index (χ1n) is 13.4. The number of allylic oxidation sites excluding steroid dienone is 3. The normalized spacial score (nSPS) is 23.7. The number of fused-ring (bicyclic) bond motifs is 1. The maximum atomic E-state index is 6.34. The zero-order valence-corrected chi connectivity index (χ0v) is 24.0. The minimum absolute atomic E-state index is 0.276. The molecule has 0 amide bonds. The lowest BCUT2D eigenvalue weighted by molar-refractivity contribution is 0.0661. The zero-order valence-electron chi connectivity index (χ0n) is 21.6. The van der Waals surface area contributed by atoms with E-state index in [1.54, 1.807) is 0 Å². The van der Waals surface area contributed by atoms with Gasteiger partial charge in [-0.05, 0) is 41.8 Å². The summed E-state index contributed by atoms with van der Waals surface area (Å²) in [7, 11) is 0. The highest BCUT2D eigenvalue weighted by atomic mass is 35.5. The van der Waals surface area contributed by atoms with Gasteiger partial charge in [-0.1, -0.05) is 66.5 Å². The van der Waals surface area contributed by atoms with Crippen LogP contribution in [0.2, 0.25) is 5.02 Å². The van der Waals surface area contributed by atoms with Crippen molar-refractivity contribution in [3.63, 3.8) is 0 Å². The molecule has 3 aliphatic rings. The van der Waals surface area contributed by atoms with Crippen molar-refractivity contribution in [3.05, 3.63) is 88.2 Å². The van der Waals surface area contributed by atoms with Gasteiger partial charge in [-0.25, -0.2) is 9.97 Å². The highest BCUT2D eigenvalue weighted by Gasteiger charge is 2.34. The maximum absolute atomic E-state index is 6.34. The first-order valence-corrected chi connectivity index (χ1v) is 15.3. The summed E-state index contributed by atoms with van der Waals surface area (Å²) in [6.45, 7) is 8.03. The van der Waals surface area contributed by atoms with Crippen LogP contribution in [-0.4, -0.2) is 64.1 Å². The molecule has 0 N–H and O–H groups in total. The quantitative estimate of drug-likeness (QED) is 0.335. The summed E-state index contributed by atoms with van der Waals surface area (Å²) in [6.07, 6.45) is 6.53. The molecule has 198 valence electrons. The average Bonchev–Trinajstić information content (AvgIpc) is 3.46. The maximum Gasteiger partial charge on any atom is 0.145 e. The third kappa shape index (κ3) is 5.61. The highest BCUT2D eigenvalue weighted by Crippen LogP contribution is 2.39. The van der Waals surface area contributed by atoms with Crippen molar-refractivity contribution >= 4 is 51.7 Å². The molecule has 3 atom stereocenters. The highest BCUT2D eigenvalue weighted by molar-refractivity contribution is 7.99. The number of hydrogen-bond acceptors (Lipinski definition) is 6. The van der Waals surface area contributed by atoms with Crippen LogP contribution in [0.4, 0.5) is 5.82 Å². The summed E-state index contributed by atoms with van der Waals surface area (Å²) in [5, 5.41) is 2.75. The molecular weight excluding hydrogens is 533 g/mol. The van der Waals surface area contributed by atoms with Gasteiger partial charge in [0.05, 0.1) is 17.9 Å². The molecule has 2 aliphatic heterocycles. The second kappa shape index (κ2) is 11.6. The number of thioether (sulfide) groups is 1. The number of nitrogens with zero attached hydrogens (tertiary/aromatic N) is 5. The van der Waals surface area contributed by atoms with Gasteiger partial charge in [-0.2, -0.15) is 0 Å². The molecule has 8 heteroatoms. The standard InChI is InChI=1S/C30H33Cl2N5S/c1-21-18-24(32)10-11-25(21)29(22-6-8-23(31)9-7-22)36-14-12-35(13-15-36)19-28-33-27-5-3-2-4-26(27)30(34-28)37-16-17-38-20-37/h2-11,18,21,25,29H,12-17,19-20H2,1H3. The second-order valence-corrected chi connectivity index (χ2v) is 12.4. The van der Waals surface area contributed by atoms with E-state index in [9.17, 15) is 0 Å². The van der Waals surface area contributed by atoms with Crippen LogP contribution in [0.5, 0.6) is 0 Å². The first-order chi connectivity index (χ1) is 18.5. The van der Waals surface area contributed by atoms with Crippen molar-refractivity contribution in [1.29, 1.82) is 0 Å². The Kier molecular flexibility index (Phi) is 7.96. The fourth-order valence-electron chi connectivity index (χ4n) is 5.92. The van der Waals surface area contributed by atoms with E-state index < -0.39 is 0 Å². The lowest BCUT2D eigenvalue weighted by Gasteiger charge is -2.43. The number of rotatable bonds is 6. The third-order valence-corrected chi connectivity index (χ3v) is 9.40. The Morgan fingerprint density at radius 3 is 2.50 bits per heavy atom. The fraction of sp³-hybridized carbons (Fsp3) is 0.400. The molecule has 0 spiro atoms. The average molecular weight is 567 g/mol. The van der Waals surface area contributed by atoms with Crippen molar-refractivity contribution in [3.8, 4) is 0 Å². The lowest BCUT2D eigenvalue weighted by atomic mass is 9.80. The second-order valence-electron chi connectivity index (χ2n) is 10.4. The van der Waals surface area contributed by atoms with Gasteiger partial charge in [-0.15, -0.1) is 11.8 Å². The SMILES string of the molecule is CC1C=C(Cl)C=CC1C(c1ccc(Cl)cc1)N1CCN(Cc2nc(N3CCSC3)c3ccccc3n2)CC1. The molecule has 3 heterocycles. The minimum atomic E-state index is 0.276. The van der Waals surface area contributed by atoms with E-state index >= 15 is 0 Å². The Bertz CT molecular complexity index is 1330. The predicted molar refractivity (Wildman–Crippen MR) is 161 cm³/mol. The van der Waals surface area contributed by atoms with Crippen molar-refractivity contribution < 1.29 is 0 Å². The minimum Gasteiger partial charge on any atom is -0.346 e. The fourth-order valence-corrected chi connectivity index (χ4v) is 7.27. The molecule has 1 aromatic heterocycles. The molecule has 2 saturated heterocycles. The van der Waals surface area contributed by atoms with E-state index in [1.165, 1.54) is 5.56 Å². The van der Waals surface area contributed by atoms with Gasteiger partial charge in [0.15, 0.2) is 0 Å². The van der Waals surface area contributed by atoms with Crippen molar-refractivity contribution in [2.24, 2.45) is 11.8 Å². The monoisotopic (exact) mass is 565 g/mol. The van der Waals surface area contributed by atoms with E-state index in [0.717, 1.165) is 83.5 Å². The molecule has 6 rings (SSSR count). The molecule has 2 aromatic carbocycles. The zero-order chi connectivity index (χ0) is 26.1. The molecule has 1 aliphatic carbocycles. The summed E-state index contributed by atoms with van der Waals surface area (Å²) in [5.74, 6) is 4.87. The molecule has 3 unspecified atom stereocenters. The number of aromatic nitrogens is 2. The smallest absolute Gasteiger partial charge is 0.145 e. The van der Waals surface area contributed by atoms with Crippen LogP contribution in [0.25, 0.3) is 10.9 Å². The van der Waals surface area contributed by atoms with Gasteiger partial charge < -0.3 is 4.90 Å². The van der Waals surface area contributed by atoms with Crippen LogP contribution in [0.3, 0.4) is 0 Å². The van der Waals surface area contributed by atoms with E-state index in [2.05, 4.69) is 76.2 Å². The summed E-state index contributed by atoms with van der Waals surface area (Å²) < 4.78 is 0. The van der Waals surface area contributed by atoms with Crippen LogP contribution in [0.15, 0.2) is 71.8 Å². The number of halogens is 2. The first kappa shape index (κ1) is 26.1. The number of para-hydroxylation sites is 1. The van der Waals surface area contributed by atoms with Gasteiger partial charge in [0.1, 0.15) is 11.6 Å². The van der Waals surface area contributed by atoms with Crippen LogP contribution < -0.4 is 4.90 Å². The summed E-state index contributed by atoms with van der Waals surface area (Å²) in [4.78, 5) is 17.6. The number of hydrogen-bond donors (Lipinski definition) is 0. The van der Waals surface area contributed by atoms with Gasteiger partial charge in [0, 0.05) is 65.9 Å². The van der Waals surface area contributed by atoms with E-state index in [0.29, 0.717) is 11.8 Å². The molecule has 0 radical (unpaired) electrons. The van der Waals surface area contributed by atoms with E-state index in [1.807, 2.05) is 23.9 Å². The molecule has 0 bridgehead atoms. The van der Waals surface area contributed by atoms with Gasteiger partial charge >= 0.3 is 0 Å². The van der Waals surface area contributed by atoms with Crippen molar-refractivity contribution in [1.82, 2.24) is 19.8 Å². The molecule has 0 saturated carbocycles. The third-order valence-electron chi connectivity index (χ3n) is 7.93. The van der Waals surface area contributed by atoms with E-state index in [-0.39, 0.29) is 6.04 Å². The number of piperazine rings is 1. The molecule has 5 nitrogen and oxygen atoms in total. The Morgan fingerprint density at radius 2 is 1.76 bits per heavy atom. The Hall–Kier alpha value is -2.09. The van der Waals surface area contributed by atoms with Crippen molar-refractivity contribution in [2.45, 2.75) is 19.5 Å². The molecule has 3 aromatic rings. The summed E-state index contributed by atoms with van der Waals surface area (Å²) in [5.41, 5.74) is 2.34.